The highest BCUT2D eigenvalue weighted by molar-refractivity contribution is 7.92. The van der Waals surface area contributed by atoms with Crippen LogP contribution in [0.4, 0.5) is 5.82 Å². The number of aromatic carboxylic acids is 1. The molecule has 0 saturated heterocycles. The number of anilines is 1. The van der Waals surface area contributed by atoms with Crippen LogP contribution in [0.2, 0.25) is 0 Å². The van der Waals surface area contributed by atoms with Gasteiger partial charge in [0.1, 0.15) is 5.82 Å². The van der Waals surface area contributed by atoms with E-state index >= 15 is 0 Å². The number of aryl methyl sites for hydroxylation is 1. The van der Waals surface area contributed by atoms with Crippen molar-refractivity contribution >= 4 is 21.8 Å². The fourth-order valence-corrected chi connectivity index (χ4v) is 2.50. The van der Waals surface area contributed by atoms with Crippen LogP contribution in [0.3, 0.4) is 0 Å². The minimum atomic E-state index is -3.72. The molecule has 0 atom stereocenters. The lowest BCUT2D eigenvalue weighted by molar-refractivity contribution is 0.0696. The highest BCUT2D eigenvalue weighted by Crippen LogP contribution is 2.15. The van der Waals surface area contributed by atoms with Gasteiger partial charge in [0.05, 0.1) is 10.5 Å². The maximum absolute atomic E-state index is 12.1. The molecule has 1 aromatic carbocycles. The van der Waals surface area contributed by atoms with Crippen LogP contribution in [0.25, 0.3) is 0 Å². The molecule has 104 valence electrons. The van der Waals surface area contributed by atoms with Crippen LogP contribution in [0.1, 0.15) is 15.9 Å². The van der Waals surface area contributed by atoms with Crippen LogP contribution in [0.5, 0.6) is 0 Å². The molecule has 0 fully saturated rings. The van der Waals surface area contributed by atoms with E-state index in [0.29, 0.717) is 0 Å². The molecule has 0 aliphatic carbocycles. The highest BCUT2D eigenvalue weighted by atomic mass is 32.2. The number of pyridine rings is 1. The molecule has 1 aromatic heterocycles. The Hall–Kier alpha value is -2.41. The summed E-state index contributed by atoms with van der Waals surface area (Å²) in [5, 5.41) is 8.73. The van der Waals surface area contributed by atoms with E-state index in [1.54, 1.807) is 12.1 Å². The number of benzene rings is 1. The number of hydrogen-bond donors (Lipinski definition) is 2. The van der Waals surface area contributed by atoms with Crippen molar-refractivity contribution in [1.29, 1.82) is 0 Å². The first-order valence-corrected chi connectivity index (χ1v) is 7.16. The molecule has 0 radical (unpaired) electrons. The SMILES string of the molecule is Cc1ccc(S(=O)(=O)Nc2ccc(C(=O)O)cn2)cc1. The van der Waals surface area contributed by atoms with E-state index in [1.807, 2.05) is 6.92 Å². The van der Waals surface area contributed by atoms with Gasteiger partial charge in [0.15, 0.2) is 0 Å². The predicted octanol–water partition coefficient (Wildman–Crippen LogP) is 1.89. The van der Waals surface area contributed by atoms with Crippen molar-refractivity contribution in [2.75, 3.05) is 4.72 Å². The molecule has 0 aliphatic rings. The minimum absolute atomic E-state index is 0.0108. The Kier molecular flexibility index (Phi) is 3.71. The zero-order chi connectivity index (χ0) is 14.8. The Balaban J connectivity index is 2.24. The number of aromatic nitrogens is 1. The number of carboxylic acid groups (broad SMARTS) is 1. The third-order valence-electron chi connectivity index (χ3n) is 2.58. The van der Waals surface area contributed by atoms with Gasteiger partial charge in [-0.15, -0.1) is 0 Å². The van der Waals surface area contributed by atoms with Gasteiger partial charge >= 0.3 is 5.97 Å². The van der Waals surface area contributed by atoms with Gasteiger partial charge in [0.2, 0.25) is 0 Å². The average molecular weight is 292 g/mol. The monoisotopic (exact) mass is 292 g/mol. The second-order valence-electron chi connectivity index (χ2n) is 4.16. The summed E-state index contributed by atoms with van der Waals surface area (Å²) in [7, 11) is -3.72. The van der Waals surface area contributed by atoms with Gasteiger partial charge in [-0.3, -0.25) is 4.72 Å². The van der Waals surface area contributed by atoms with Crippen molar-refractivity contribution in [3.8, 4) is 0 Å². The molecule has 1 heterocycles. The molecular weight excluding hydrogens is 280 g/mol. The Labute approximate surface area is 116 Å². The molecule has 6 nitrogen and oxygen atoms in total. The molecule has 20 heavy (non-hydrogen) atoms. The normalized spacial score (nSPS) is 11.1. The third kappa shape index (κ3) is 3.12. The molecule has 2 aromatic rings. The molecule has 0 bridgehead atoms. The third-order valence-corrected chi connectivity index (χ3v) is 3.95. The standard InChI is InChI=1S/C13H12N2O4S/c1-9-2-5-11(6-3-9)20(18,19)15-12-7-4-10(8-14-12)13(16)17/h2-8H,1H3,(H,14,15)(H,16,17). The molecular formula is C13H12N2O4S. The Morgan fingerprint density at radius 3 is 2.30 bits per heavy atom. The van der Waals surface area contributed by atoms with Gasteiger partial charge in [-0.2, -0.15) is 0 Å². The van der Waals surface area contributed by atoms with Crippen molar-refractivity contribution in [3.05, 3.63) is 53.7 Å². The van der Waals surface area contributed by atoms with E-state index in [0.717, 1.165) is 11.8 Å². The molecule has 0 unspecified atom stereocenters. The van der Waals surface area contributed by atoms with Crippen LogP contribution in [0, 0.1) is 6.92 Å². The Morgan fingerprint density at radius 2 is 1.80 bits per heavy atom. The quantitative estimate of drug-likeness (QED) is 0.897. The van der Waals surface area contributed by atoms with Crippen LogP contribution in [-0.4, -0.2) is 24.5 Å². The van der Waals surface area contributed by atoms with E-state index in [4.69, 9.17) is 5.11 Å². The Bertz CT molecular complexity index is 722. The molecule has 0 aliphatic heterocycles. The number of carboxylic acids is 1. The van der Waals surface area contributed by atoms with Crippen molar-refractivity contribution in [2.45, 2.75) is 11.8 Å². The maximum Gasteiger partial charge on any atom is 0.337 e. The summed E-state index contributed by atoms with van der Waals surface area (Å²) in [5.74, 6) is -1.05. The summed E-state index contributed by atoms with van der Waals surface area (Å²) in [6.07, 6.45) is 1.09. The summed E-state index contributed by atoms with van der Waals surface area (Å²) in [6, 6.07) is 8.94. The van der Waals surface area contributed by atoms with Crippen molar-refractivity contribution < 1.29 is 18.3 Å². The Morgan fingerprint density at radius 1 is 1.15 bits per heavy atom. The topological polar surface area (TPSA) is 96.4 Å². The van der Waals surface area contributed by atoms with Crippen LogP contribution in [-0.2, 0) is 10.0 Å². The molecule has 2 rings (SSSR count). The number of hydrogen-bond acceptors (Lipinski definition) is 4. The lowest BCUT2D eigenvalue weighted by Gasteiger charge is -2.07. The zero-order valence-corrected chi connectivity index (χ0v) is 11.4. The van der Waals surface area contributed by atoms with Gasteiger partial charge in [0, 0.05) is 6.20 Å². The maximum atomic E-state index is 12.1. The average Bonchev–Trinajstić information content (AvgIpc) is 2.39. The first-order valence-electron chi connectivity index (χ1n) is 5.67. The molecule has 0 spiro atoms. The highest BCUT2D eigenvalue weighted by Gasteiger charge is 2.14. The molecule has 7 heteroatoms. The van der Waals surface area contributed by atoms with E-state index in [2.05, 4.69) is 9.71 Å². The number of carbonyl (C=O) groups is 1. The van der Waals surface area contributed by atoms with Gasteiger partial charge in [-0.25, -0.2) is 18.2 Å². The van der Waals surface area contributed by atoms with E-state index < -0.39 is 16.0 Å². The summed E-state index contributed by atoms with van der Waals surface area (Å²) < 4.78 is 26.4. The predicted molar refractivity (Wildman–Crippen MR) is 73.2 cm³/mol. The fourth-order valence-electron chi connectivity index (χ4n) is 1.49. The smallest absolute Gasteiger partial charge is 0.337 e. The lowest BCUT2D eigenvalue weighted by atomic mass is 10.2. The largest absolute Gasteiger partial charge is 0.478 e. The molecule has 2 N–H and O–H groups in total. The first-order chi connectivity index (χ1) is 9.38. The number of rotatable bonds is 4. The second kappa shape index (κ2) is 5.30. The summed E-state index contributed by atoms with van der Waals surface area (Å²) in [4.78, 5) is 14.5. The first kappa shape index (κ1) is 14.0. The summed E-state index contributed by atoms with van der Waals surface area (Å²) >= 11 is 0. The van der Waals surface area contributed by atoms with Gasteiger partial charge in [0.25, 0.3) is 10.0 Å². The molecule has 0 amide bonds. The lowest BCUT2D eigenvalue weighted by Crippen LogP contribution is -2.14. The summed E-state index contributed by atoms with van der Waals surface area (Å²) in [5.41, 5.74) is 0.941. The second-order valence-corrected chi connectivity index (χ2v) is 5.84. The fraction of sp³-hybridized carbons (Fsp3) is 0.0769. The van der Waals surface area contributed by atoms with E-state index in [1.165, 1.54) is 24.3 Å². The number of sulfonamides is 1. The summed E-state index contributed by atoms with van der Waals surface area (Å²) in [6.45, 7) is 1.86. The van der Waals surface area contributed by atoms with Crippen LogP contribution < -0.4 is 4.72 Å². The van der Waals surface area contributed by atoms with E-state index in [-0.39, 0.29) is 16.3 Å². The van der Waals surface area contributed by atoms with E-state index in [9.17, 15) is 13.2 Å². The molecule has 0 saturated carbocycles. The minimum Gasteiger partial charge on any atom is -0.478 e. The van der Waals surface area contributed by atoms with Crippen LogP contribution >= 0.6 is 0 Å². The van der Waals surface area contributed by atoms with Crippen molar-refractivity contribution in [3.63, 3.8) is 0 Å². The van der Waals surface area contributed by atoms with Gasteiger partial charge in [-0.1, -0.05) is 17.7 Å². The van der Waals surface area contributed by atoms with Crippen molar-refractivity contribution in [1.82, 2.24) is 4.98 Å². The zero-order valence-electron chi connectivity index (χ0n) is 10.6. The number of nitrogens with zero attached hydrogens (tertiary/aromatic N) is 1. The van der Waals surface area contributed by atoms with Gasteiger partial charge in [-0.05, 0) is 31.2 Å². The van der Waals surface area contributed by atoms with Gasteiger partial charge < -0.3 is 5.11 Å². The van der Waals surface area contributed by atoms with Crippen LogP contribution in [0.15, 0.2) is 47.5 Å². The number of nitrogens with one attached hydrogen (secondary N) is 1. The van der Waals surface area contributed by atoms with Crippen molar-refractivity contribution in [2.24, 2.45) is 0 Å².